The number of hydrogen-bond acceptors (Lipinski definition) is 15. The van der Waals surface area contributed by atoms with Gasteiger partial charge in [-0.1, -0.05) is 153 Å². The number of nitrogens with two attached hydrogens (primary N) is 1. The summed E-state index contributed by atoms with van der Waals surface area (Å²) in [7, 11) is 0. The lowest BCUT2D eigenvalue weighted by atomic mass is 9.95. The second-order valence-electron chi connectivity index (χ2n) is 22.6. The Bertz CT molecular complexity index is 2910. The Kier molecular flexibility index (Phi) is 37.1. The molecule has 0 spiro atoms. The van der Waals surface area contributed by atoms with Gasteiger partial charge in [-0.15, -0.1) is 12.4 Å². The van der Waals surface area contributed by atoms with E-state index in [0.29, 0.717) is 150 Å². The van der Waals surface area contributed by atoms with Crippen LogP contribution in [0.15, 0.2) is 164 Å². The average Bonchev–Trinajstić information content (AvgIpc) is 1.73. The molecule has 4 aliphatic carbocycles. The van der Waals surface area contributed by atoms with Gasteiger partial charge < -0.3 is 59.6 Å². The number of hydrogen-bond donors (Lipinski definition) is 4. The maximum absolute atomic E-state index is 12.2. The van der Waals surface area contributed by atoms with E-state index < -0.39 is 12.2 Å². The molecule has 0 atom stereocenters. The normalized spacial score (nSPS) is 13.3. The van der Waals surface area contributed by atoms with Crippen molar-refractivity contribution in [2.24, 2.45) is 17.6 Å². The van der Waals surface area contributed by atoms with Gasteiger partial charge in [-0.2, -0.15) is 0 Å². The number of carbonyl (C=O) groups is 4. The second kappa shape index (κ2) is 45.1. The number of ketones is 1. The number of carbonyl (C=O) groups excluding carboxylic acids is 4. The van der Waals surface area contributed by atoms with E-state index in [-0.39, 0.29) is 47.9 Å². The summed E-state index contributed by atoms with van der Waals surface area (Å²) >= 11 is 0. The van der Waals surface area contributed by atoms with E-state index in [2.05, 4.69) is 109 Å². The number of nitrogens with zero attached hydrogens (tertiary/aromatic N) is 3. The van der Waals surface area contributed by atoms with Crippen molar-refractivity contribution in [1.29, 1.82) is 0 Å². The number of halogens is 1. The molecule has 3 amide bonds. The fraction of sp³-hybridized carbons (Fsp3) is 0.466. The topological polar surface area (TPSA) is 225 Å². The molecule has 19 nitrogen and oxygen atoms in total. The monoisotopic (exact) mass is 1300 g/mol. The van der Waals surface area contributed by atoms with Crippen LogP contribution in [-0.4, -0.2) is 176 Å². The summed E-state index contributed by atoms with van der Waals surface area (Å²) in [5.74, 6) is 0.398. The summed E-state index contributed by atoms with van der Waals surface area (Å²) in [5.41, 5.74) is 15.1. The average molecular weight is 1300 g/mol. The standard InChI is InChI=1S/C29H36N4O6.C25H34N2O5.C11H10O.C8H19N.ClH/c34-28(33-14-13-30-22-33)31-11-5-15-36-17-19-38-20-18-37-16-6-12-32-29(35)39-21-27-25-9-3-1-7-23(25)24-8-2-4-10-26(24)27;26-11-5-13-29-15-17-31-18-16-30-14-6-12-27-25(28)32-19-24-22-9-3-1-7-20(22)21-8-2-4-10-23(21)24;12-11(9-5-1-2-6-9)10-7-3-4-8-10;1-6-9(7(2)3)8(4)5;/h1-4,7-10,13-14,22,27H,5-6,11-12,15-21H2,(H,31,34)(H,32,35);1-4,7-10,24H,5-6,11-19,26H2,(H,27,28);1-10H;7-8H,6H2,1-5H3;1H. The molecule has 0 saturated carbocycles. The molecule has 1 aromatic heterocycles. The molecule has 0 fully saturated rings. The van der Waals surface area contributed by atoms with Crippen LogP contribution in [0.2, 0.25) is 0 Å². The highest BCUT2D eigenvalue weighted by Gasteiger charge is 2.30. The van der Waals surface area contributed by atoms with Gasteiger partial charge in [-0.3, -0.25) is 14.3 Å². The van der Waals surface area contributed by atoms with E-state index in [4.69, 9.17) is 43.6 Å². The van der Waals surface area contributed by atoms with Crippen LogP contribution in [0.5, 0.6) is 0 Å². The molecule has 506 valence electrons. The molecular formula is C73H100ClN7O12. The fourth-order valence-electron chi connectivity index (χ4n) is 10.9. The summed E-state index contributed by atoms with van der Waals surface area (Å²) < 4.78 is 45.2. The number of imidazole rings is 1. The molecule has 0 bridgehead atoms. The Labute approximate surface area is 557 Å². The van der Waals surface area contributed by atoms with Crippen molar-refractivity contribution in [3.05, 3.63) is 187 Å². The van der Waals surface area contributed by atoms with E-state index in [0.717, 1.165) is 13.0 Å². The molecule has 20 heteroatoms. The number of Topliss-reactive ketones (excluding diaryl/α,β-unsaturated/α-hetero) is 1. The molecular weight excluding hydrogens is 1200 g/mol. The third-order valence-electron chi connectivity index (χ3n) is 15.5. The van der Waals surface area contributed by atoms with Gasteiger partial charge in [0.1, 0.15) is 19.5 Å². The van der Waals surface area contributed by atoms with Crippen molar-refractivity contribution in [2.45, 2.75) is 84.2 Å². The lowest BCUT2D eigenvalue weighted by Crippen LogP contribution is -2.36. The molecule has 5 N–H and O–H groups in total. The van der Waals surface area contributed by atoms with Gasteiger partial charge in [-0.05, 0) is 111 Å². The van der Waals surface area contributed by atoms with Gasteiger partial charge in [0.25, 0.3) is 0 Å². The van der Waals surface area contributed by atoms with E-state index >= 15 is 0 Å². The minimum absolute atomic E-state index is 0. The Balaban J connectivity index is 0.000000257. The first-order valence-electron chi connectivity index (χ1n) is 32.6. The Morgan fingerprint density at radius 3 is 1.14 bits per heavy atom. The number of amides is 3. The minimum atomic E-state index is -0.416. The van der Waals surface area contributed by atoms with Crippen LogP contribution in [0, 0.1) is 11.8 Å². The zero-order valence-electron chi connectivity index (χ0n) is 55.0. The van der Waals surface area contributed by atoms with Crippen molar-refractivity contribution in [2.75, 3.05) is 125 Å². The van der Waals surface area contributed by atoms with Crippen molar-refractivity contribution in [1.82, 2.24) is 30.4 Å². The van der Waals surface area contributed by atoms with Crippen molar-refractivity contribution >= 4 is 36.4 Å². The molecule has 0 radical (unpaired) electrons. The largest absolute Gasteiger partial charge is 0.449 e. The van der Waals surface area contributed by atoms with Gasteiger partial charge in [0.15, 0.2) is 5.78 Å². The van der Waals surface area contributed by atoms with Crippen LogP contribution in [0.1, 0.15) is 94.4 Å². The van der Waals surface area contributed by atoms with Crippen molar-refractivity contribution in [3.63, 3.8) is 0 Å². The number of aromatic nitrogens is 2. The Morgan fingerprint density at radius 1 is 0.495 bits per heavy atom. The first-order chi connectivity index (χ1) is 45.0. The highest BCUT2D eigenvalue weighted by molar-refractivity contribution is 5.90. The molecule has 0 unspecified atom stereocenters. The van der Waals surface area contributed by atoms with Gasteiger partial charge in [-0.25, -0.2) is 19.4 Å². The predicted octanol–water partition coefficient (Wildman–Crippen LogP) is 11.7. The first-order valence-corrected chi connectivity index (χ1v) is 32.6. The van der Waals surface area contributed by atoms with E-state index in [1.54, 1.807) is 12.4 Å². The van der Waals surface area contributed by atoms with Gasteiger partial charge in [0.2, 0.25) is 0 Å². The number of ether oxygens (including phenoxy) is 8. The zero-order chi connectivity index (χ0) is 65.4. The van der Waals surface area contributed by atoms with Crippen LogP contribution >= 0.6 is 12.4 Å². The van der Waals surface area contributed by atoms with Gasteiger partial charge in [0, 0.05) is 82.4 Å². The molecule has 5 aromatic rings. The quantitative estimate of drug-likeness (QED) is 0.0274. The maximum atomic E-state index is 12.2. The number of alkyl carbamates (subject to hydrolysis) is 2. The van der Waals surface area contributed by atoms with Crippen LogP contribution in [0.4, 0.5) is 14.4 Å². The summed E-state index contributed by atoms with van der Waals surface area (Å²) in [6.45, 7) is 21.5. The van der Waals surface area contributed by atoms with E-state index in [1.807, 2.05) is 97.1 Å². The van der Waals surface area contributed by atoms with Crippen molar-refractivity contribution in [3.8, 4) is 22.3 Å². The summed E-state index contributed by atoms with van der Waals surface area (Å²) in [6.07, 6.45) is 22.2. The number of rotatable bonds is 36. The van der Waals surface area contributed by atoms with E-state index in [9.17, 15) is 19.2 Å². The lowest BCUT2D eigenvalue weighted by Gasteiger charge is -2.28. The van der Waals surface area contributed by atoms with Crippen molar-refractivity contribution < 1.29 is 57.1 Å². The SMILES string of the molecule is CCN(C(C)C)C(C)C.Cl.NCCCOCCOCCOCCCNC(=O)OCC1c2ccccc2-c2ccccc21.O=C(C1C=CC=C1)C1C=CC=C1.O=C(NCCCOCCOCCOCCCNC(=O)n1ccnc1)OCC1c2ccccc2-c2ccccc21. The third kappa shape index (κ3) is 26.9. The molecule has 0 aliphatic heterocycles. The highest BCUT2D eigenvalue weighted by atomic mass is 35.5. The Morgan fingerprint density at radius 2 is 0.828 bits per heavy atom. The Hall–Kier alpha value is -7.30. The highest BCUT2D eigenvalue weighted by Crippen LogP contribution is 2.45. The fourth-order valence-corrected chi connectivity index (χ4v) is 10.9. The summed E-state index contributed by atoms with van der Waals surface area (Å²) in [6, 6.07) is 34.3. The molecule has 4 aromatic carbocycles. The van der Waals surface area contributed by atoms with E-state index in [1.165, 1.54) is 55.4 Å². The van der Waals surface area contributed by atoms with Crippen LogP contribution in [0.25, 0.3) is 22.3 Å². The molecule has 4 aliphatic rings. The second-order valence-corrected chi connectivity index (χ2v) is 22.6. The first kappa shape index (κ1) is 76.4. The van der Waals surface area contributed by atoms with Crippen LogP contribution in [-0.2, 0) is 42.7 Å². The number of benzene rings is 4. The molecule has 9 rings (SSSR count). The smallest absolute Gasteiger partial charge is 0.407 e. The molecule has 93 heavy (non-hydrogen) atoms. The zero-order valence-corrected chi connectivity index (χ0v) is 55.9. The minimum Gasteiger partial charge on any atom is -0.449 e. The summed E-state index contributed by atoms with van der Waals surface area (Å²) in [5, 5.41) is 8.37. The number of fused-ring (bicyclic) bond motifs is 6. The molecule has 1 heterocycles. The van der Waals surface area contributed by atoms with Crippen LogP contribution in [0.3, 0.4) is 0 Å². The number of nitrogens with one attached hydrogen (secondary N) is 3. The predicted molar refractivity (Wildman–Crippen MR) is 368 cm³/mol. The maximum Gasteiger partial charge on any atom is 0.407 e. The number of allylic oxidation sites excluding steroid dienone is 8. The van der Waals surface area contributed by atoms with Gasteiger partial charge >= 0.3 is 18.2 Å². The lowest BCUT2D eigenvalue weighted by molar-refractivity contribution is -0.121. The third-order valence-corrected chi connectivity index (χ3v) is 15.5. The molecule has 0 saturated heterocycles. The van der Waals surface area contributed by atoms with Gasteiger partial charge in [0.05, 0.1) is 64.7 Å². The summed E-state index contributed by atoms with van der Waals surface area (Å²) in [4.78, 5) is 53.9. The van der Waals surface area contributed by atoms with Crippen LogP contribution < -0.4 is 21.7 Å².